The van der Waals surface area contributed by atoms with Crippen LogP contribution in [-0.4, -0.2) is 35.8 Å². The lowest BCUT2D eigenvalue weighted by atomic mass is 9.98. The third kappa shape index (κ3) is 2.91. The first-order valence-electron chi connectivity index (χ1n) is 7.40. The van der Waals surface area contributed by atoms with Crippen molar-refractivity contribution < 1.29 is 18.0 Å². The van der Waals surface area contributed by atoms with E-state index in [2.05, 4.69) is 6.07 Å². The Labute approximate surface area is 132 Å². The minimum Gasteiger partial charge on any atom is -0.337 e. The Morgan fingerprint density at radius 2 is 2.13 bits per heavy atom. The third-order valence-corrected chi connectivity index (χ3v) is 4.45. The summed E-state index contributed by atoms with van der Waals surface area (Å²) in [5.74, 6) is -0.442. The molecule has 0 aromatic heterocycles. The molecule has 1 fully saturated rings. The van der Waals surface area contributed by atoms with E-state index in [1.165, 1.54) is 11.9 Å². The van der Waals surface area contributed by atoms with Gasteiger partial charge in [0.25, 0.3) is 5.91 Å². The summed E-state index contributed by atoms with van der Waals surface area (Å²) in [5.41, 5.74) is -0.0459. The Bertz CT molecular complexity index is 693. The van der Waals surface area contributed by atoms with E-state index in [9.17, 15) is 18.0 Å². The average molecular weight is 323 g/mol. The van der Waals surface area contributed by atoms with Gasteiger partial charge < -0.3 is 4.90 Å². The summed E-state index contributed by atoms with van der Waals surface area (Å²) in [7, 11) is 1.50. The molecule has 0 spiro atoms. The van der Waals surface area contributed by atoms with Crippen LogP contribution in [0.3, 0.4) is 0 Å². The first kappa shape index (κ1) is 15.8. The van der Waals surface area contributed by atoms with E-state index in [0.717, 1.165) is 12.5 Å². The van der Waals surface area contributed by atoms with Crippen LogP contribution < -0.4 is 0 Å². The summed E-state index contributed by atoms with van der Waals surface area (Å²) >= 11 is 0. The Kier molecular flexibility index (Phi) is 3.80. The summed E-state index contributed by atoms with van der Waals surface area (Å²) in [6.45, 7) is 1.56. The van der Waals surface area contributed by atoms with Crippen LogP contribution >= 0.6 is 0 Å². The molecule has 23 heavy (non-hydrogen) atoms. The number of hydrogen-bond donors (Lipinski definition) is 0. The first-order valence-corrected chi connectivity index (χ1v) is 7.40. The Morgan fingerprint density at radius 1 is 1.39 bits per heavy atom. The summed E-state index contributed by atoms with van der Waals surface area (Å²) in [4.78, 5) is 15.3. The number of hydrogen-bond acceptors (Lipinski definition) is 3. The van der Waals surface area contributed by atoms with Crippen molar-refractivity contribution >= 4 is 5.91 Å². The maximum absolute atomic E-state index is 13.3. The predicted molar refractivity (Wildman–Crippen MR) is 76.2 cm³/mol. The molecule has 0 radical (unpaired) electrons. The maximum atomic E-state index is 13.3. The van der Waals surface area contributed by atoms with E-state index < -0.39 is 11.7 Å². The van der Waals surface area contributed by atoms with Crippen molar-refractivity contribution in [1.82, 2.24) is 9.80 Å². The van der Waals surface area contributed by atoms with E-state index in [1.54, 1.807) is 6.07 Å². The number of benzene rings is 1. The Hall–Kier alpha value is -2.07. The number of likely N-dealkylation sites (tertiary alicyclic amines) is 1. The number of halogens is 3. The molecule has 3 rings (SSSR count). The van der Waals surface area contributed by atoms with Gasteiger partial charge in [-0.15, -0.1) is 0 Å². The van der Waals surface area contributed by atoms with Gasteiger partial charge in [0.2, 0.25) is 0 Å². The quantitative estimate of drug-likeness (QED) is 0.840. The molecule has 1 unspecified atom stereocenters. The van der Waals surface area contributed by atoms with Crippen molar-refractivity contribution in [3.63, 3.8) is 0 Å². The molecule has 2 heterocycles. The average Bonchev–Trinajstić information content (AvgIpc) is 3.04. The van der Waals surface area contributed by atoms with Gasteiger partial charge in [0, 0.05) is 32.2 Å². The highest BCUT2D eigenvalue weighted by atomic mass is 19.4. The van der Waals surface area contributed by atoms with Crippen LogP contribution in [0.5, 0.6) is 0 Å². The van der Waals surface area contributed by atoms with Crippen molar-refractivity contribution in [3.05, 3.63) is 34.4 Å². The van der Waals surface area contributed by atoms with Crippen molar-refractivity contribution in [2.75, 3.05) is 20.1 Å². The zero-order valence-electron chi connectivity index (χ0n) is 12.7. The molecule has 1 saturated heterocycles. The van der Waals surface area contributed by atoms with E-state index in [-0.39, 0.29) is 29.5 Å². The van der Waals surface area contributed by atoms with Gasteiger partial charge in [0.1, 0.15) is 0 Å². The topological polar surface area (TPSA) is 47.3 Å². The number of carbonyl (C=O) groups is 1. The fourth-order valence-corrected chi connectivity index (χ4v) is 3.29. The Balaban J connectivity index is 1.94. The number of amides is 1. The molecule has 0 bridgehead atoms. The normalized spacial score (nSPS) is 21.6. The molecule has 2 aliphatic heterocycles. The fourth-order valence-electron chi connectivity index (χ4n) is 3.29. The van der Waals surface area contributed by atoms with Gasteiger partial charge in [-0.2, -0.15) is 18.4 Å². The molecule has 1 atom stereocenters. The number of nitriles is 1. The molecular formula is C16H16F3N3O. The number of nitrogens with zero attached hydrogens (tertiary/aromatic N) is 3. The van der Waals surface area contributed by atoms with Crippen molar-refractivity contribution in [2.45, 2.75) is 25.7 Å². The van der Waals surface area contributed by atoms with Crippen LogP contribution in [0.15, 0.2) is 12.1 Å². The van der Waals surface area contributed by atoms with Crippen LogP contribution in [0.25, 0.3) is 0 Å². The smallest absolute Gasteiger partial charge is 0.337 e. The number of fused-ring (bicyclic) bond motifs is 1. The van der Waals surface area contributed by atoms with Crippen LogP contribution in [0, 0.1) is 17.2 Å². The van der Waals surface area contributed by atoms with Crippen molar-refractivity contribution in [3.8, 4) is 6.07 Å². The first-order chi connectivity index (χ1) is 10.8. The standard InChI is InChI=1S/C16H16F3N3O/c1-21-9-13-12(15(21)23)4-11(5-14(13)16(17,18)19)8-22-3-2-10(6-20)7-22/h4-5,10H,2-3,7-9H2,1H3. The maximum Gasteiger partial charge on any atom is 0.416 e. The second-order valence-corrected chi connectivity index (χ2v) is 6.18. The lowest BCUT2D eigenvalue weighted by Crippen LogP contribution is -2.21. The molecule has 1 aromatic carbocycles. The Morgan fingerprint density at radius 3 is 2.74 bits per heavy atom. The van der Waals surface area contributed by atoms with Crippen molar-refractivity contribution in [1.29, 1.82) is 5.26 Å². The molecule has 0 aliphatic carbocycles. The molecule has 0 saturated carbocycles. The van der Waals surface area contributed by atoms with Gasteiger partial charge in [0.15, 0.2) is 0 Å². The van der Waals surface area contributed by atoms with E-state index in [4.69, 9.17) is 5.26 Å². The number of alkyl halides is 3. The molecule has 1 aromatic rings. The predicted octanol–water partition coefficient (Wildman–Crippen LogP) is 2.64. The largest absolute Gasteiger partial charge is 0.416 e. The summed E-state index contributed by atoms with van der Waals surface area (Å²) < 4.78 is 40.0. The minimum absolute atomic E-state index is 0.0104. The molecule has 4 nitrogen and oxygen atoms in total. The van der Waals surface area contributed by atoms with Gasteiger partial charge in [-0.3, -0.25) is 9.69 Å². The monoisotopic (exact) mass is 323 g/mol. The van der Waals surface area contributed by atoms with Gasteiger partial charge in [0.05, 0.1) is 17.6 Å². The fraction of sp³-hybridized carbons (Fsp3) is 0.500. The molecule has 7 heteroatoms. The van der Waals surface area contributed by atoms with E-state index >= 15 is 0 Å². The zero-order valence-corrected chi connectivity index (χ0v) is 12.7. The molecule has 2 aliphatic rings. The SMILES string of the molecule is CN1Cc2c(cc(CN3CCC(C#N)C3)cc2C(F)(F)F)C1=O. The molecule has 1 amide bonds. The summed E-state index contributed by atoms with van der Waals surface area (Å²) in [6.07, 6.45) is -3.75. The van der Waals surface area contributed by atoms with Gasteiger partial charge in [-0.1, -0.05) is 0 Å². The highest BCUT2D eigenvalue weighted by Crippen LogP contribution is 2.38. The lowest BCUT2D eigenvalue weighted by molar-refractivity contribution is -0.138. The number of rotatable bonds is 2. The third-order valence-electron chi connectivity index (χ3n) is 4.45. The summed E-state index contributed by atoms with van der Waals surface area (Å²) in [5, 5.41) is 8.92. The molecule has 0 N–H and O–H groups in total. The van der Waals surface area contributed by atoms with Crippen molar-refractivity contribution in [2.24, 2.45) is 5.92 Å². The van der Waals surface area contributed by atoms with Crippen LogP contribution in [0.1, 0.15) is 33.5 Å². The molecule has 122 valence electrons. The highest BCUT2D eigenvalue weighted by molar-refractivity contribution is 5.98. The second-order valence-electron chi connectivity index (χ2n) is 6.18. The zero-order chi connectivity index (χ0) is 16.8. The van der Waals surface area contributed by atoms with Gasteiger partial charge in [-0.25, -0.2) is 0 Å². The minimum atomic E-state index is -4.48. The van der Waals surface area contributed by atoms with Crippen LogP contribution in [-0.2, 0) is 19.3 Å². The van der Waals surface area contributed by atoms with E-state index in [1.807, 2.05) is 4.90 Å². The second kappa shape index (κ2) is 5.53. The number of carbonyl (C=O) groups excluding carboxylic acids is 1. The van der Waals surface area contributed by atoms with E-state index in [0.29, 0.717) is 25.2 Å². The van der Waals surface area contributed by atoms with Crippen LogP contribution in [0.2, 0.25) is 0 Å². The van der Waals surface area contributed by atoms with Gasteiger partial charge in [-0.05, 0) is 36.2 Å². The lowest BCUT2D eigenvalue weighted by Gasteiger charge is -2.18. The molecular weight excluding hydrogens is 307 g/mol. The summed E-state index contributed by atoms with van der Waals surface area (Å²) in [6, 6.07) is 4.90. The van der Waals surface area contributed by atoms with Gasteiger partial charge >= 0.3 is 6.18 Å². The highest BCUT2D eigenvalue weighted by Gasteiger charge is 2.39. The van der Waals surface area contributed by atoms with Crippen LogP contribution in [0.4, 0.5) is 13.2 Å².